The molecular formula is C12H18ClN3O. The zero-order valence-corrected chi connectivity index (χ0v) is 10.5. The fourth-order valence-electron chi connectivity index (χ4n) is 2.35. The zero-order valence-electron chi connectivity index (χ0n) is 9.67. The fourth-order valence-corrected chi connectivity index (χ4v) is 2.35. The molecule has 4 nitrogen and oxygen atoms in total. The van der Waals surface area contributed by atoms with Crippen LogP contribution in [0.25, 0.3) is 0 Å². The van der Waals surface area contributed by atoms with E-state index < -0.39 is 0 Å². The maximum absolute atomic E-state index is 9.16. The molecule has 1 saturated carbocycles. The van der Waals surface area contributed by atoms with Gasteiger partial charge in [-0.25, -0.2) is 0 Å². The van der Waals surface area contributed by atoms with Crippen molar-refractivity contribution in [1.82, 2.24) is 4.98 Å². The number of aromatic nitrogens is 1. The highest BCUT2D eigenvalue weighted by Crippen LogP contribution is 2.28. The van der Waals surface area contributed by atoms with E-state index in [0.717, 1.165) is 18.4 Å². The Hall–Kier alpha value is -1.29. The van der Waals surface area contributed by atoms with Gasteiger partial charge in [0.15, 0.2) is 0 Å². The average Bonchev–Trinajstić information content (AvgIpc) is 2.34. The van der Waals surface area contributed by atoms with Gasteiger partial charge >= 0.3 is 0 Å². The molecule has 0 spiro atoms. The summed E-state index contributed by atoms with van der Waals surface area (Å²) in [5.41, 5.74) is 7.98. The smallest absolute Gasteiger partial charge is 0.0934 e. The van der Waals surface area contributed by atoms with E-state index in [1.807, 2.05) is 0 Å². The van der Waals surface area contributed by atoms with Gasteiger partial charge in [0.2, 0.25) is 0 Å². The molecule has 1 aliphatic carbocycles. The van der Waals surface area contributed by atoms with Crippen LogP contribution in [0, 0.1) is 5.92 Å². The number of rotatable bonds is 2. The van der Waals surface area contributed by atoms with E-state index in [-0.39, 0.29) is 12.4 Å². The molecule has 0 aliphatic heterocycles. The largest absolute Gasteiger partial charge is 0.411 e. The number of halogens is 1. The molecule has 0 aromatic carbocycles. The minimum absolute atomic E-state index is 0. The Morgan fingerprint density at radius 3 is 2.65 bits per heavy atom. The lowest BCUT2D eigenvalue weighted by Crippen LogP contribution is -2.20. The van der Waals surface area contributed by atoms with Gasteiger partial charge in [0, 0.05) is 29.6 Å². The number of hydrogen-bond acceptors (Lipinski definition) is 4. The van der Waals surface area contributed by atoms with Crippen molar-refractivity contribution < 1.29 is 5.21 Å². The molecule has 0 saturated heterocycles. The average molecular weight is 256 g/mol. The lowest BCUT2D eigenvalue weighted by molar-refractivity contribution is 0.310. The standard InChI is InChI=1S/C12H17N3O.ClH/c13-11-6-7-14-8-10(11)12(15-16)9-4-2-1-3-5-9;/h6-9,16H,1-5H2,(H2,13,14);1H/b15-12+;. The van der Waals surface area contributed by atoms with Gasteiger partial charge in [-0.05, 0) is 18.9 Å². The molecule has 1 fully saturated rings. The number of hydrogen-bond donors (Lipinski definition) is 2. The third-order valence-electron chi connectivity index (χ3n) is 3.23. The predicted octanol–water partition coefficient (Wildman–Crippen LogP) is 2.84. The van der Waals surface area contributed by atoms with Crippen LogP contribution in [0.2, 0.25) is 0 Å². The second-order valence-electron chi connectivity index (χ2n) is 4.28. The Balaban J connectivity index is 0.00000144. The van der Waals surface area contributed by atoms with Gasteiger partial charge in [-0.3, -0.25) is 4.98 Å². The molecule has 1 aromatic rings. The third kappa shape index (κ3) is 3.09. The van der Waals surface area contributed by atoms with Gasteiger partial charge in [0.1, 0.15) is 0 Å². The molecular weight excluding hydrogens is 238 g/mol. The van der Waals surface area contributed by atoms with E-state index in [1.165, 1.54) is 19.3 Å². The summed E-state index contributed by atoms with van der Waals surface area (Å²) in [7, 11) is 0. The van der Waals surface area contributed by atoms with Crippen molar-refractivity contribution >= 4 is 23.8 Å². The van der Waals surface area contributed by atoms with Gasteiger partial charge in [0.25, 0.3) is 0 Å². The van der Waals surface area contributed by atoms with Crippen LogP contribution < -0.4 is 5.73 Å². The molecule has 17 heavy (non-hydrogen) atoms. The van der Waals surface area contributed by atoms with Crippen LogP contribution >= 0.6 is 12.4 Å². The Labute approximate surface area is 107 Å². The van der Waals surface area contributed by atoms with Gasteiger partial charge in [0.05, 0.1) is 5.71 Å². The second-order valence-corrected chi connectivity index (χ2v) is 4.28. The first-order valence-corrected chi connectivity index (χ1v) is 5.74. The molecule has 1 aliphatic rings. The van der Waals surface area contributed by atoms with Crippen molar-refractivity contribution in [1.29, 1.82) is 0 Å². The van der Waals surface area contributed by atoms with E-state index in [9.17, 15) is 0 Å². The second kappa shape index (κ2) is 6.45. The maximum Gasteiger partial charge on any atom is 0.0934 e. The summed E-state index contributed by atoms with van der Waals surface area (Å²) in [6.45, 7) is 0. The Kier molecular flexibility index (Phi) is 5.22. The fraction of sp³-hybridized carbons (Fsp3) is 0.500. The van der Waals surface area contributed by atoms with Crippen LogP contribution in [0.3, 0.4) is 0 Å². The third-order valence-corrected chi connectivity index (χ3v) is 3.23. The van der Waals surface area contributed by atoms with Crippen molar-refractivity contribution in [2.75, 3.05) is 5.73 Å². The van der Waals surface area contributed by atoms with E-state index in [1.54, 1.807) is 18.5 Å². The van der Waals surface area contributed by atoms with Gasteiger partial charge in [-0.1, -0.05) is 24.4 Å². The van der Waals surface area contributed by atoms with Gasteiger partial charge in [-0.15, -0.1) is 12.4 Å². The molecule has 5 heteroatoms. The normalized spacial score (nSPS) is 17.5. The predicted molar refractivity (Wildman–Crippen MR) is 70.8 cm³/mol. The number of nitrogen functional groups attached to an aromatic ring is 1. The molecule has 2 rings (SSSR count). The summed E-state index contributed by atoms with van der Waals surface area (Å²) in [6, 6.07) is 1.74. The molecule has 1 heterocycles. The van der Waals surface area contributed by atoms with E-state index >= 15 is 0 Å². The highest BCUT2D eigenvalue weighted by Gasteiger charge is 2.22. The molecule has 1 aromatic heterocycles. The van der Waals surface area contributed by atoms with E-state index in [4.69, 9.17) is 10.9 Å². The van der Waals surface area contributed by atoms with Crippen molar-refractivity contribution in [3.63, 3.8) is 0 Å². The summed E-state index contributed by atoms with van der Waals surface area (Å²) in [6.07, 6.45) is 9.15. The van der Waals surface area contributed by atoms with Crippen LogP contribution in [-0.2, 0) is 0 Å². The molecule has 94 valence electrons. The maximum atomic E-state index is 9.16. The Morgan fingerprint density at radius 2 is 2.06 bits per heavy atom. The summed E-state index contributed by atoms with van der Waals surface area (Å²) in [4.78, 5) is 4.04. The first-order valence-electron chi connectivity index (χ1n) is 5.74. The summed E-state index contributed by atoms with van der Waals surface area (Å²) in [5, 5.41) is 12.6. The minimum Gasteiger partial charge on any atom is -0.411 e. The number of anilines is 1. The number of pyridine rings is 1. The van der Waals surface area contributed by atoms with Gasteiger partial charge < -0.3 is 10.9 Å². The summed E-state index contributed by atoms with van der Waals surface area (Å²) < 4.78 is 0. The SMILES string of the molecule is Cl.Nc1ccncc1/C(=N/O)C1CCCCC1. The molecule has 0 radical (unpaired) electrons. The first-order chi connectivity index (χ1) is 7.83. The van der Waals surface area contributed by atoms with Gasteiger partial charge in [-0.2, -0.15) is 0 Å². The number of nitrogens with zero attached hydrogens (tertiary/aromatic N) is 2. The van der Waals surface area contributed by atoms with Crippen LogP contribution in [0.4, 0.5) is 5.69 Å². The quantitative estimate of drug-likeness (QED) is 0.485. The number of oxime groups is 1. The summed E-state index contributed by atoms with van der Waals surface area (Å²) >= 11 is 0. The lowest BCUT2D eigenvalue weighted by Gasteiger charge is -2.22. The van der Waals surface area contributed by atoms with Crippen LogP contribution in [0.5, 0.6) is 0 Å². The molecule has 0 atom stereocenters. The topological polar surface area (TPSA) is 71.5 Å². The Morgan fingerprint density at radius 1 is 1.35 bits per heavy atom. The number of nitrogens with two attached hydrogens (primary N) is 1. The summed E-state index contributed by atoms with van der Waals surface area (Å²) in [5.74, 6) is 0.324. The van der Waals surface area contributed by atoms with Crippen molar-refractivity contribution in [2.24, 2.45) is 11.1 Å². The van der Waals surface area contributed by atoms with Crippen molar-refractivity contribution in [2.45, 2.75) is 32.1 Å². The monoisotopic (exact) mass is 255 g/mol. The Bertz CT molecular complexity index is 389. The highest BCUT2D eigenvalue weighted by atomic mass is 35.5. The van der Waals surface area contributed by atoms with Crippen LogP contribution in [0.1, 0.15) is 37.7 Å². The zero-order chi connectivity index (χ0) is 11.4. The molecule has 0 amide bonds. The lowest BCUT2D eigenvalue weighted by atomic mass is 9.83. The van der Waals surface area contributed by atoms with E-state index in [2.05, 4.69) is 10.1 Å². The molecule has 0 bridgehead atoms. The highest BCUT2D eigenvalue weighted by molar-refractivity contribution is 6.05. The van der Waals surface area contributed by atoms with Crippen molar-refractivity contribution in [3.8, 4) is 0 Å². The minimum atomic E-state index is 0. The van der Waals surface area contributed by atoms with E-state index in [0.29, 0.717) is 17.3 Å². The first kappa shape index (κ1) is 13.8. The van der Waals surface area contributed by atoms with Crippen LogP contribution in [0.15, 0.2) is 23.6 Å². The molecule has 0 unspecified atom stereocenters. The molecule has 3 N–H and O–H groups in total. The van der Waals surface area contributed by atoms with Crippen LogP contribution in [-0.4, -0.2) is 15.9 Å². The van der Waals surface area contributed by atoms with Crippen molar-refractivity contribution in [3.05, 3.63) is 24.0 Å².